The lowest BCUT2D eigenvalue weighted by molar-refractivity contribution is 0.410. The van der Waals surface area contributed by atoms with Crippen LogP contribution < -0.4 is 5.73 Å². The van der Waals surface area contributed by atoms with Gasteiger partial charge in [-0.3, -0.25) is 4.98 Å². The van der Waals surface area contributed by atoms with Gasteiger partial charge in [0.2, 0.25) is 10.0 Å². The quantitative estimate of drug-likeness (QED) is 0.837. The van der Waals surface area contributed by atoms with Crippen LogP contribution >= 0.6 is 0 Å². The zero-order valence-electron chi connectivity index (χ0n) is 10.3. The monoisotopic (exact) mass is 257 g/mol. The highest BCUT2D eigenvalue weighted by Gasteiger charge is 2.23. The highest BCUT2D eigenvalue weighted by molar-refractivity contribution is 7.89. The molecule has 0 amide bonds. The van der Waals surface area contributed by atoms with Gasteiger partial charge in [-0.05, 0) is 18.9 Å². The molecule has 17 heavy (non-hydrogen) atoms. The van der Waals surface area contributed by atoms with Crippen molar-refractivity contribution >= 4 is 15.7 Å². The zero-order valence-corrected chi connectivity index (χ0v) is 11.1. The lowest BCUT2D eigenvalue weighted by Crippen LogP contribution is -2.32. The van der Waals surface area contributed by atoms with Gasteiger partial charge in [0, 0.05) is 25.5 Å². The van der Waals surface area contributed by atoms with Crippen molar-refractivity contribution < 1.29 is 8.42 Å². The largest absolute Gasteiger partial charge is 0.397 e. The van der Waals surface area contributed by atoms with Crippen molar-refractivity contribution in [3.63, 3.8) is 0 Å². The van der Waals surface area contributed by atoms with E-state index in [-0.39, 0.29) is 4.90 Å². The van der Waals surface area contributed by atoms with Crippen molar-refractivity contribution in [2.24, 2.45) is 0 Å². The number of nitrogens with two attached hydrogens (primary N) is 1. The molecule has 0 bridgehead atoms. The van der Waals surface area contributed by atoms with Gasteiger partial charge in [0.15, 0.2) is 0 Å². The lowest BCUT2D eigenvalue weighted by atomic mass is 10.4. The molecule has 1 heterocycles. The molecule has 0 atom stereocenters. The number of sulfonamides is 1. The molecule has 1 aromatic heterocycles. The molecule has 2 N–H and O–H groups in total. The molecule has 0 aliphatic rings. The Balaban J connectivity index is 3.07. The molecule has 6 heteroatoms. The molecule has 96 valence electrons. The van der Waals surface area contributed by atoms with Crippen LogP contribution in [0.2, 0.25) is 0 Å². The Kier molecular flexibility index (Phi) is 4.89. The van der Waals surface area contributed by atoms with E-state index < -0.39 is 10.0 Å². The molecule has 1 aromatic rings. The SMILES string of the molecule is CCCN(CCC)S(=O)(=O)c1cncc(N)c1. The maximum atomic E-state index is 12.3. The minimum atomic E-state index is -3.46. The van der Waals surface area contributed by atoms with Crippen molar-refractivity contribution in [1.29, 1.82) is 0 Å². The van der Waals surface area contributed by atoms with Crippen LogP contribution in [-0.4, -0.2) is 30.8 Å². The predicted molar refractivity (Wildman–Crippen MR) is 68.0 cm³/mol. The summed E-state index contributed by atoms with van der Waals surface area (Å²) in [4.78, 5) is 3.99. The van der Waals surface area contributed by atoms with Crippen LogP contribution in [0.1, 0.15) is 26.7 Å². The standard InChI is InChI=1S/C11H19N3O2S/c1-3-5-14(6-4-2)17(15,16)11-7-10(12)8-13-9-11/h7-9H,3-6,12H2,1-2H3. The van der Waals surface area contributed by atoms with Gasteiger partial charge in [-0.25, -0.2) is 8.42 Å². The van der Waals surface area contributed by atoms with Gasteiger partial charge in [-0.1, -0.05) is 13.8 Å². The number of rotatable bonds is 6. The van der Waals surface area contributed by atoms with Crippen LogP contribution in [0.3, 0.4) is 0 Å². The molecule has 0 saturated heterocycles. The Labute approximate surface area is 103 Å². The summed E-state index contributed by atoms with van der Waals surface area (Å²) in [6.07, 6.45) is 4.34. The van der Waals surface area contributed by atoms with Crippen LogP contribution in [0.15, 0.2) is 23.4 Å². The van der Waals surface area contributed by atoms with E-state index in [0.29, 0.717) is 18.8 Å². The summed E-state index contributed by atoms with van der Waals surface area (Å²) < 4.78 is 26.1. The van der Waals surface area contributed by atoms with Crippen LogP contribution in [0.4, 0.5) is 5.69 Å². The Morgan fingerprint density at radius 1 is 1.24 bits per heavy atom. The maximum absolute atomic E-state index is 12.3. The maximum Gasteiger partial charge on any atom is 0.244 e. The molecule has 0 aromatic carbocycles. The van der Waals surface area contributed by atoms with Gasteiger partial charge in [0.25, 0.3) is 0 Å². The summed E-state index contributed by atoms with van der Waals surface area (Å²) >= 11 is 0. The Hall–Kier alpha value is -1.14. The molecular weight excluding hydrogens is 238 g/mol. The first-order valence-corrected chi connectivity index (χ1v) is 7.17. The van der Waals surface area contributed by atoms with Gasteiger partial charge in [-0.2, -0.15) is 4.31 Å². The summed E-state index contributed by atoms with van der Waals surface area (Å²) in [5.41, 5.74) is 5.92. The number of nitrogen functional groups attached to an aromatic ring is 1. The van der Waals surface area contributed by atoms with E-state index in [2.05, 4.69) is 4.98 Å². The summed E-state index contributed by atoms with van der Waals surface area (Å²) in [6.45, 7) is 4.95. The van der Waals surface area contributed by atoms with Crippen molar-refractivity contribution in [3.8, 4) is 0 Å². The molecule has 0 radical (unpaired) electrons. The van der Waals surface area contributed by atoms with Crippen molar-refractivity contribution in [2.75, 3.05) is 18.8 Å². The average Bonchev–Trinajstić information content (AvgIpc) is 2.29. The van der Waals surface area contributed by atoms with Gasteiger partial charge in [0.1, 0.15) is 4.90 Å². The molecule has 1 rings (SSSR count). The fourth-order valence-corrected chi connectivity index (χ4v) is 3.20. The molecule has 5 nitrogen and oxygen atoms in total. The van der Waals surface area contributed by atoms with Crippen molar-refractivity contribution in [2.45, 2.75) is 31.6 Å². The van der Waals surface area contributed by atoms with Crippen molar-refractivity contribution in [3.05, 3.63) is 18.5 Å². The Bertz CT molecular complexity index is 454. The molecule has 0 saturated carbocycles. The fourth-order valence-electron chi connectivity index (χ4n) is 1.58. The number of aromatic nitrogens is 1. The molecule has 0 aliphatic carbocycles. The van der Waals surface area contributed by atoms with Crippen LogP contribution in [0.5, 0.6) is 0 Å². The summed E-state index contributed by atoms with van der Waals surface area (Å²) in [6, 6.07) is 1.45. The Morgan fingerprint density at radius 3 is 2.29 bits per heavy atom. The van der Waals surface area contributed by atoms with E-state index in [4.69, 9.17) is 5.73 Å². The minimum Gasteiger partial charge on any atom is -0.397 e. The molecule has 0 unspecified atom stereocenters. The second-order valence-corrected chi connectivity index (χ2v) is 5.80. The second kappa shape index (κ2) is 5.97. The van der Waals surface area contributed by atoms with Crippen LogP contribution in [-0.2, 0) is 10.0 Å². The highest BCUT2D eigenvalue weighted by Crippen LogP contribution is 2.17. The number of hydrogen-bond donors (Lipinski definition) is 1. The first-order chi connectivity index (χ1) is 8.02. The fraction of sp³-hybridized carbons (Fsp3) is 0.545. The predicted octanol–water partition coefficient (Wildman–Crippen LogP) is 1.47. The Morgan fingerprint density at radius 2 is 1.82 bits per heavy atom. The van der Waals surface area contributed by atoms with E-state index in [1.807, 2.05) is 13.8 Å². The summed E-state index contributed by atoms with van der Waals surface area (Å²) in [5, 5.41) is 0. The topological polar surface area (TPSA) is 76.3 Å². The van der Waals surface area contributed by atoms with Gasteiger partial charge in [-0.15, -0.1) is 0 Å². The lowest BCUT2D eigenvalue weighted by Gasteiger charge is -2.20. The van der Waals surface area contributed by atoms with E-state index in [1.54, 1.807) is 0 Å². The summed E-state index contributed by atoms with van der Waals surface area (Å²) in [7, 11) is -3.46. The first kappa shape index (κ1) is 13.9. The van der Waals surface area contributed by atoms with Crippen LogP contribution in [0, 0.1) is 0 Å². The number of pyridine rings is 1. The van der Waals surface area contributed by atoms with E-state index >= 15 is 0 Å². The third-order valence-electron chi connectivity index (χ3n) is 2.32. The number of anilines is 1. The smallest absolute Gasteiger partial charge is 0.244 e. The van der Waals surface area contributed by atoms with Crippen LogP contribution in [0.25, 0.3) is 0 Å². The molecular formula is C11H19N3O2S. The van der Waals surface area contributed by atoms with E-state index in [0.717, 1.165) is 12.8 Å². The third-order valence-corrected chi connectivity index (χ3v) is 4.18. The average molecular weight is 257 g/mol. The number of nitrogens with zero attached hydrogens (tertiary/aromatic N) is 2. The van der Waals surface area contributed by atoms with Gasteiger partial charge < -0.3 is 5.73 Å². The summed E-state index contributed by atoms with van der Waals surface area (Å²) in [5.74, 6) is 0. The van der Waals surface area contributed by atoms with E-state index in [9.17, 15) is 8.42 Å². The third kappa shape index (κ3) is 3.41. The normalized spacial score (nSPS) is 11.9. The molecule has 0 fully saturated rings. The van der Waals surface area contributed by atoms with Crippen molar-refractivity contribution in [1.82, 2.24) is 9.29 Å². The van der Waals surface area contributed by atoms with Gasteiger partial charge in [0.05, 0.1) is 5.69 Å². The first-order valence-electron chi connectivity index (χ1n) is 5.73. The minimum absolute atomic E-state index is 0.166. The molecule has 0 spiro atoms. The number of hydrogen-bond acceptors (Lipinski definition) is 4. The second-order valence-electron chi connectivity index (χ2n) is 3.86. The zero-order chi connectivity index (χ0) is 12.9. The highest BCUT2D eigenvalue weighted by atomic mass is 32.2. The van der Waals surface area contributed by atoms with Gasteiger partial charge >= 0.3 is 0 Å². The molecule has 0 aliphatic heterocycles. The van der Waals surface area contributed by atoms with E-state index in [1.165, 1.54) is 22.8 Å².